The first-order valence-corrected chi connectivity index (χ1v) is 11.0. The number of rotatable bonds is 3. The summed E-state index contributed by atoms with van der Waals surface area (Å²) in [5.41, 5.74) is 0.362. The van der Waals surface area contributed by atoms with Gasteiger partial charge >= 0.3 is 0 Å². The minimum atomic E-state index is -0.558. The summed E-state index contributed by atoms with van der Waals surface area (Å²) < 4.78 is 16.1. The van der Waals surface area contributed by atoms with Crippen LogP contribution in [0.15, 0.2) is 44.6 Å². The Morgan fingerprint density at radius 2 is 1.75 bits per heavy atom. The summed E-state index contributed by atoms with van der Waals surface area (Å²) in [7, 11) is 0. The molecule has 0 unspecified atom stereocenters. The number of imide groups is 1. The Balaban J connectivity index is 1.47. The van der Waals surface area contributed by atoms with E-state index in [2.05, 4.69) is 0 Å². The number of amides is 2. The molecule has 0 atom stereocenters. The summed E-state index contributed by atoms with van der Waals surface area (Å²) in [5.74, 6) is 0.423. The fourth-order valence-corrected chi connectivity index (χ4v) is 4.89. The molecule has 3 aromatic rings. The zero-order valence-electron chi connectivity index (χ0n) is 15.8. The molecule has 11 heteroatoms. The molecular formula is C21H10Cl3NO6S. The van der Waals surface area contributed by atoms with Crippen LogP contribution in [-0.4, -0.2) is 22.8 Å². The molecule has 2 aliphatic rings. The van der Waals surface area contributed by atoms with Crippen molar-refractivity contribution in [2.45, 2.75) is 6.54 Å². The van der Waals surface area contributed by atoms with E-state index in [0.717, 1.165) is 4.90 Å². The minimum Gasteiger partial charge on any atom is -0.462 e. The molecule has 1 fully saturated rings. The van der Waals surface area contributed by atoms with E-state index in [1.165, 1.54) is 24.5 Å². The molecule has 0 N–H and O–H groups in total. The van der Waals surface area contributed by atoms with E-state index < -0.39 is 16.6 Å². The number of nitrogens with zero attached hydrogens (tertiary/aromatic N) is 1. The van der Waals surface area contributed by atoms with Gasteiger partial charge in [-0.15, -0.1) is 0 Å². The molecule has 0 spiro atoms. The predicted molar refractivity (Wildman–Crippen MR) is 122 cm³/mol. The molecule has 5 rings (SSSR count). The van der Waals surface area contributed by atoms with Crippen molar-refractivity contribution in [3.63, 3.8) is 0 Å². The monoisotopic (exact) mass is 509 g/mol. The topological polar surface area (TPSA) is 86.0 Å². The highest BCUT2D eigenvalue weighted by molar-refractivity contribution is 8.18. The quantitative estimate of drug-likeness (QED) is 0.417. The summed E-state index contributed by atoms with van der Waals surface area (Å²) in [6.07, 6.45) is 2.50. The van der Waals surface area contributed by atoms with Crippen LogP contribution in [0.3, 0.4) is 0 Å². The average molecular weight is 511 g/mol. The van der Waals surface area contributed by atoms with E-state index in [0.29, 0.717) is 33.8 Å². The van der Waals surface area contributed by atoms with Gasteiger partial charge in [0.15, 0.2) is 22.5 Å². The first kappa shape index (κ1) is 21.2. The summed E-state index contributed by atoms with van der Waals surface area (Å²) in [6.45, 7) is 0.0131. The third-order valence-corrected chi connectivity index (χ3v) is 6.61. The first-order chi connectivity index (χ1) is 15.3. The average Bonchev–Trinajstić information content (AvgIpc) is 3.29. The van der Waals surface area contributed by atoms with Crippen molar-refractivity contribution in [3.05, 3.63) is 71.9 Å². The van der Waals surface area contributed by atoms with Crippen LogP contribution in [0.25, 0.3) is 17.0 Å². The lowest BCUT2D eigenvalue weighted by Crippen LogP contribution is -2.27. The van der Waals surface area contributed by atoms with Crippen molar-refractivity contribution >= 4 is 74.8 Å². The molecule has 2 aliphatic heterocycles. The van der Waals surface area contributed by atoms with Crippen molar-refractivity contribution in [3.8, 4) is 11.5 Å². The highest BCUT2D eigenvalue weighted by Gasteiger charge is 2.36. The van der Waals surface area contributed by atoms with E-state index in [4.69, 9.17) is 48.7 Å². The molecule has 7 nitrogen and oxygen atoms in total. The number of benzene rings is 2. The third-order valence-electron chi connectivity index (χ3n) is 4.85. The Morgan fingerprint density at radius 3 is 2.53 bits per heavy atom. The maximum absolute atomic E-state index is 12.9. The number of hydrogen-bond acceptors (Lipinski definition) is 7. The van der Waals surface area contributed by atoms with Gasteiger partial charge in [-0.1, -0.05) is 34.8 Å². The molecule has 0 saturated carbocycles. The number of carbonyl (C=O) groups excluding carboxylic acids is 2. The van der Waals surface area contributed by atoms with Gasteiger partial charge in [-0.05, 0) is 41.6 Å². The predicted octanol–water partition coefficient (Wildman–Crippen LogP) is 5.72. The van der Waals surface area contributed by atoms with Gasteiger partial charge in [0, 0.05) is 16.1 Å². The number of thioether (sulfide) groups is 1. The smallest absolute Gasteiger partial charge is 0.293 e. The summed E-state index contributed by atoms with van der Waals surface area (Å²) in [5, 5.41) is 0.472. The van der Waals surface area contributed by atoms with Crippen LogP contribution in [0.1, 0.15) is 11.1 Å². The summed E-state index contributed by atoms with van der Waals surface area (Å²) in [6, 6.07) is 6.09. The van der Waals surface area contributed by atoms with Gasteiger partial charge in [0.1, 0.15) is 6.26 Å². The number of ether oxygens (including phenoxy) is 2. The third kappa shape index (κ3) is 3.63. The molecule has 2 aromatic carbocycles. The van der Waals surface area contributed by atoms with E-state index in [-0.39, 0.29) is 44.8 Å². The molecule has 2 amide bonds. The number of fused-ring (bicyclic) bond motifs is 2. The molecule has 3 heterocycles. The Bertz CT molecular complexity index is 1420. The van der Waals surface area contributed by atoms with Crippen molar-refractivity contribution < 1.29 is 23.5 Å². The zero-order chi connectivity index (χ0) is 22.6. The first-order valence-electron chi connectivity index (χ1n) is 9.06. The van der Waals surface area contributed by atoms with Gasteiger partial charge < -0.3 is 13.9 Å². The largest absolute Gasteiger partial charge is 0.462 e. The van der Waals surface area contributed by atoms with Crippen molar-refractivity contribution in [1.29, 1.82) is 0 Å². The second-order valence-electron chi connectivity index (χ2n) is 6.85. The highest BCUT2D eigenvalue weighted by atomic mass is 35.5. The molecule has 1 saturated heterocycles. The van der Waals surface area contributed by atoms with Gasteiger partial charge in [0.2, 0.25) is 6.79 Å². The van der Waals surface area contributed by atoms with Gasteiger partial charge in [0.25, 0.3) is 11.1 Å². The SMILES string of the molecule is O=C1S/C(=C\c2coc3c(Cl)cc(Cl)cc3c2=O)C(=O)N1Cc1cc2c(cc1Cl)OCO2. The van der Waals surface area contributed by atoms with Crippen LogP contribution in [0.5, 0.6) is 11.5 Å². The number of hydrogen-bond donors (Lipinski definition) is 0. The van der Waals surface area contributed by atoms with Gasteiger partial charge in [0.05, 0.1) is 27.4 Å². The Labute approximate surface area is 199 Å². The molecule has 162 valence electrons. The van der Waals surface area contributed by atoms with Crippen molar-refractivity contribution in [2.24, 2.45) is 0 Å². The summed E-state index contributed by atoms with van der Waals surface area (Å²) in [4.78, 5) is 39.4. The van der Waals surface area contributed by atoms with Crippen LogP contribution >= 0.6 is 46.6 Å². The van der Waals surface area contributed by atoms with E-state index in [1.807, 2.05) is 0 Å². The molecule has 0 radical (unpaired) electrons. The van der Waals surface area contributed by atoms with Crippen LogP contribution in [-0.2, 0) is 11.3 Å². The Morgan fingerprint density at radius 1 is 1.00 bits per heavy atom. The lowest BCUT2D eigenvalue weighted by atomic mass is 10.1. The number of halogens is 3. The van der Waals surface area contributed by atoms with Crippen LogP contribution in [0, 0.1) is 0 Å². The van der Waals surface area contributed by atoms with E-state index >= 15 is 0 Å². The van der Waals surface area contributed by atoms with Crippen LogP contribution < -0.4 is 14.9 Å². The molecule has 0 aliphatic carbocycles. The van der Waals surface area contributed by atoms with Gasteiger partial charge in [-0.25, -0.2) is 0 Å². The lowest BCUT2D eigenvalue weighted by Gasteiger charge is -2.14. The fraction of sp³-hybridized carbons (Fsp3) is 0.0952. The van der Waals surface area contributed by atoms with E-state index in [1.54, 1.807) is 12.1 Å². The zero-order valence-corrected chi connectivity index (χ0v) is 18.9. The Kier molecular flexibility index (Phi) is 5.33. The second-order valence-corrected chi connectivity index (χ2v) is 9.09. The summed E-state index contributed by atoms with van der Waals surface area (Å²) >= 11 is 19.0. The Hall–Kier alpha value is -2.65. The molecule has 1 aromatic heterocycles. The second kappa shape index (κ2) is 8.04. The maximum atomic E-state index is 12.9. The molecule has 0 bridgehead atoms. The highest BCUT2D eigenvalue weighted by Crippen LogP contribution is 2.39. The van der Waals surface area contributed by atoms with E-state index in [9.17, 15) is 14.4 Å². The van der Waals surface area contributed by atoms with Gasteiger partial charge in [-0.2, -0.15) is 0 Å². The van der Waals surface area contributed by atoms with Crippen LogP contribution in [0.2, 0.25) is 15.1 Å². The van der Waals surface area contributed by atoms with Crippen molar-refractivity contribution in [1.82, 2.24) is 4.90 Å². The van der Waals surface area contributed by atoms with Gasteiger partial charge in [-0.3, -0.25) is 19.3 Å². The molecule has 32 heavy (non-hydrogen) atoms. The maximum Gasteiger partial charge on any atom is 0.293 e. The normalized spacial score (nSPS) is 16.6. The minimum absolute atomic E-state index is 0.0605. The molecular weight excluding hydrogens is 501 g/mol. The fourth-order valence-electron chi connectivity index (χ4n) is 3.31. The van der Waals surface area contributed by atoms with Crippen molar-refractivity contribution in [2.75, 3.05) is 6.79 Å². The van der Waals surface area contributed by atoms with Crippen LogP contribution in [0.4, 0.5) is 4.79 Å². The number of carbonyl (C=O) groups is 2. The lowest BCUT2D eigenvalue weighted by molar-refractivity contribution is -0.123. The standard InChI is InChI=1S/C21H10Cl3NO6S/c22-11-3-12-18(26)10(7-29-19(12)14(24)4-11)2-17-20(27)25(21(28)32-17)6-9-1-15-16(5-13(9)23)31-8-30-15/h1-5,7H,6,8H2/b17-2-.